The summed E-state index contributed by atoms with van der Waals surface area (Å²) >= 11 is 7.37. The smallest absolute Gasteiger partial charge is 0.319 e. The van der Waals surface area contributed by atoms with E-state index in [2.05, 4.69) is 5.32 Å². The number of carbonyl (C=O) groups excluding carboxylic acids is 2. The summed E-state index contributed by atoms with van der Waals surface area (Å²) in [6, 6.07) is 2.63. The van der Waals surface area contributed by atoms with Crippen molar-refractivity contribution in [2.24, 2.45) is 11.8 Å². The minimum absolute atomic E-state index is 0.0541. The van der Waals surface area contributed by atoms with Gasteiger partial charge >= 0.3 is 5.97 Å². The standard InChI is InChI=1S/C20H29ClFNO3S/c1-8-16(19(25)26-20(5,6)7)27-17-10-15(14(22)9-13(17)21)23-18(24)12(4)11(2)3/h9-12,16H,8H2,1-7H3,(H,23,24). The zero-order valence-corrected chi connectivity index (χ0v) is 18.6. The summed E-state index contributed by atoms with van der Waals surface area (Å²) in [4.78, 5) is 25.1. The van der Waals surface area contributed by atoms with Gasteiger partial charge in [0.2, 0.25) is 5.91 Å². The molecule has 1 amide bonds. The topological polar surface area (TPSA) is 55.4 Å². The summed E-state index contributed by atoms with van der Waals surface area (Å²) < 4.78 is 19.7. The Morgan fingerprint density at radius 2 is 1.85 bits per heavy atom. The molecule has 2 atom stereocenters. The Balaban J connectivity index is 3.04. The Hall–Kier alpha value is -1.27. The number of hydrogen-bond donors (Lipinski definition) is 1. The van der Waals surface area contributed by atoms with Gasteiger partial charge < -0.3 is 10.1 Å². The molecule has 4 nitrogen and oxygen atoms in total. The Bertz CT molecular complexity index is 689. The maximum absolute atomic E-state index is 14.3. The summed E-state index contributed by atoms with van der Waals surface area (Å²) in [7, 11) is 0. The lowest BCUT2D eigenvalue weighted by molar-refractivity contribution is -0.154. The van der Waals surface area contributed by atoms with Crippen molar-refractivity contribution in [1.82, 2.24) is 0 Å². The molecule has 0 saturated heterocycles. The van der Waals surface area contributed by atoms with Crippen LogP contribution in [0, 0.1) is 17.7 Å². The second-order valence-corrected chi connectivity index (χ2v) is 9.48. The number of ether oxygens (including phenoxy) is 1. The van der Waals surface area contributed by atoms with Gasteiger partial charge in [0.25, 0.3) is 0 Å². The normalized spacial score (nSPS) is 14.0. The van der Waals surface area contributed by atoms with Crippen LogP contribution in [0.5, 0.6) is 0 Å². The van der Waals surface area contributed by atoms with Gasteiger partial charge in [0.15, 0.2) is 0 Å². The van der Waals surface area contributed by atoms with Crippen LogP contribution in [0.15, 0.2) is 17.0 Å². The molecule has 0 bridgehead atoms. The number of rotatable bonds is 7. The molecular weight excluding hydrogens is 389 g/mol. The maximum Gasteiger partial charge on any atom is 0.319 e. The third-order valence-electron chi connectivity index (χ3n) is 4.00. The van der Waals surface area contributed by atoms with Gasteiger partial charge in [-0.1, -0.05) is 39.3 Å². The average molecular weight is 418 g/mol. The fourth-order valence-corrected chi connectivity index (χ4v) is 3.34. The molecule has 0 fully saturated rings. The van der Waals surface area contributed by atoms with Gasteiger partial charge in [-0.05, 0) is 45.2 Å². The van der Waals surface area contributed by atoms with Crippen molar-refractivity contribution in [1.29, 1.82) is 0 Å². The molecule has 0 radical (unpaired) electrons. The first-order chi connectivity index (χ1) is 12.4. The van der Waals surface area contributed by atoms with E-state index in [0.29, 0.717) is 11.3 Å². The number of halogens is 2. The molecule has 1 rings (SSSR count). The summed E-state index contributed by atoms with van der Waals surface area (Å²) in [5, 5.41) is 2.32. The van der Waals surface area contributed by atoms with Crippen molar-refractivity contribution in [3.63, 3.8) is 0 Å². The van der Waals surface area contributed by atoms with Crippen LogP contribution in [-0.2, 0) is 14.3 Å². The molecule has 2 unspecified atom stereocenters. The number of anilines is 1. The molecule has 0 aromatic heterocycles. The molecular formula is C20H29ClFNO3S. The van der Waals surface area contributed by atoms with E-state index in [1.54, 1.807) is 27.7 Å². The quantitative estimate of drug-likeness (QED) is 0.441. The molecule has 0 saturated carbocycles. The molecule has 27 heavy (non-hydrogen) atoms. The number of thioether (sulfide) groups is 1. The molecule has 1 aromatic carbocycles. The van der Waals surface area contributed by atoms with Crippen LogP contribution in [-0.4, -0.2) is 22.7 Å². The van der Waals surface area contributed by atoms with E-state index < -0.39 is 16.7 Å². The summed E-state index contributed by atoms with van der Waals surface area (Å²) in [6.07, 6.45) is 0.527. The summed E-state index contributed by atoms with van der Waals surface area (Å²) in [5.41, 5.74) is -0.539. The number of amides is 1. The van der Waals surface area contributed by atoms with Crippen molar-refractivity contribution in [2.75, 3.05) is 5.32 Å². The van der Waals surface area contributed by atoms with Crippen molar-refractivity contribution in [3.8, 4) is 0 Å². The highest BCUT2D eigenvalue weighted by Gasteiger charge is 2.26. The van der Waals surface area contributed by atoms with Crippen LogP contribution < -0.4 is 5.32 Å². The monoisotopic (exact) mass is 417 g/mol. The van der Waals surface area contributed by atoms with Gasteiger partial charge in [-0.2, -0.15) is 0 Å². The number of carbonyl (C=O) groups is 2. The van der Waals surface area contributed by atoms with Crippen molar-refractivity contribution in [2.45, 2.75) is 70.6 Å². The van der Waals surface area contributed by atoms with Crippen molar-refractivity contribution < 1.29 is 18.7 Å². The van der Waals surface area contributed by atoms with Gasteiger partial charge in [0.05, 0.1) is 10.7 Å². The highest BCUT2D eigenvalue weighted by atomic mass is 35.5. The van der Waals surface area contributed by atoms with E-state index in [4.69, 9.17) is 16.3 Å². The molecule has 0 aliphatic carbocycles. The molecule has 7 heteroatoms. The van der Waals surface area contributed by atoms with E-state index >= 15 is 0 Å². The van der Waals surface area contributed by atoms with Crippen LogP contribution in [0.3, 0.4) is 0 Å². The molecule has 0 aliphatic rings. The Morgan fingerprint density at radius 3 is 2.33 bits per heavy atom. The SMILES string of the molecule is CCC(Sc1cc(NC(=O)C(C)C(C)C)c(F)cc1Cl)C(=O)OC(C)(C)C. The maximum atomic E-state index is 14.3. The number of hydrogen-bond acceptors (Lipinski definition) is 4. The number of benzene rings is 1. The molecule has 1 N–H and O–H groups in total. The fraction of sp³-hybridized carbons (Fsp3) is 0.600. The zero-order valence-electron chi connectivity index (χ0n) is 17.0. The fourth-order valence-electron chi connectivity index (χ4n) is 2.08. The van der Waals surface area contributed by atoms with Gasteiger partial charge in [-0.15, -0.1) is 11.8 Å². The molecule has 1 aromatic rings. The Morgan fingerprint density at radius 1 is 1.26 bits per heavy atom. The zero-order chi connectivity index (χ0) is 20.9. The lowest BCUT2D eigenvalue weighted by Crippen LogP contribution is -2.30. The van der Waals surface area contributed by atoms with Crippen LogP contribution in [0.25, 0.3) is 0 Å². The van der Waals surface area contributed by atoms with E-state index in [-0.39, 0.29) is 34.4 Å². The highest BCUT2D eigenvalue weighted by molar-refractivity contribution is 8.00. The first kappa shape index (κ1) is 23.8. The van der Waals surface area contributed by atoms with Crippen LogP contribution in [0.1, 0.15) is 54.9 Å². The predicted octanol–water partition coefficient (Wildman–Crippen LogP) is 5.92. The number of nitrogens with one attached hydrogen (secondary N) is 1. The minimum Gasteiger partial charge on any atom is -0.459 e. The lowest BCUT2D eigenvalue weighted by Gasteiger charge is -2.23. The van der Waals surface area contributed by atoms with E-state index in [1.165, 1.54) is 17.8 Å². The highest BCUT2D eigenvalue weighted by Crippen LogP contribution is 2.36. The number of esters is 1. The third kappa shape index (κ3) is 7.34. The summed E-state index contributed by atoms with van der Waals surface area (Å²) in [5.74, 6) is -1.36. The largest absolute Gasteiger partial charge is 0.459 e. The Labute approximate surface area is 170 Å². The van der Waals surface area contributed by atoms with E-state index in [1.807, 2.05) is 20.8 Å². The Kier molecular flexibility index (Phi) is 8.61. The molecule has 0 heterocycles. The summed E-state index contributed by atoms with van der Waals surface area (Å²) in [6.45, 7) is 12.9. The molecule has 0 aliphatic heterocycles. The molecule has 152 valence electrons. The predicted molar refractivity (Wildman–Crippen MR) is 110 cm³/mol. The van der Waals surface area contributed by atoms with Crippen LogP contribution >= 0.6 is 23.4 Å². The van der Waals surface area contributed by atoms with Gasteiger partial charge in [-0.3, -0.25) is 9.59 Å². The van der Waals surface area contributed by atoms with Gasteiger partial charge in [-0.25, -0.2) is 4.39 Å². The van der Waals surface area contributed by atoms with Gasteiger partial charge in [0.1, 0.15) is 16.7 Å². The van der Waals surface area contributed by atoms with Gasteiger partial charge in [0, 0.05) is 10.8 Å². The minimum atomic E-state index is -0.612. The molecule has 0 spiro atoms. The first-order valence-electron chi connectivity index (χ1n) is 9.05. The van der Waals surface area contributed by atoms with Crippen LogP contribution in [0.4, 0.5) is 10.1 Å². The first-order valence-corrected chi connectivity index (χ1v) is 10.3. The second kappa shape index (κ2) is 9.78. The van der Waals surface area contributed by atoms with Crippen LogP contribution in [0.2, 0.25) is 5.02 Å². The van der Waals surface area contributed by atoms with E-state index in [9.17, 15) is 14.0 Å². The van der Waals surface area contributed by atoms with Crippen molar-refractivity contribution in [3.05, 3.63) is 23.0 Å². The van der Waals surface area contributed by atoms with E-state index in [0.717, 1.165) is 6.07 Å². The third-order valence-corrected chi connectivity index (χ3v) is 5.83. The lowest BCUT2D eigenvalue weighted by atomic mass is 9.97. The van der Waals surface area contributed by atoms with Crippen molar-refractivity contribution >= 4 is 40.9 Å². The average Bonchev–Trinajstić information content (AvgIpc) is 2.53. The second-order valence-electron chi connectivity index (χ2n) is 7.83.